The summed E-state index contributed by atoms with van der Waals surface area (Å²) < 4.78 is 24.8. The molecule has 0 saturated heterocycles. The molecule has 8 heteroatoms. The van der Waals surface area contributed by atoms with E-state index in [1.807, 2.05) is 0 Å². The summed E-state index contributed by atoms with van der Waals surface area (Å²) in [5.74, 6) is -0.853. The maximum absolute atomic E-state index is 12.4. The molecule has 1 heterocycles. The van der Waals surface area contributed by atoms with E-state index in [0.717, 1.165) is 6.20 Å². The molecule has 0 aromatic carbocycles. The van der Waals surface area contributed by atoms with Gasteiger partial charge in [0.05, 0.1) is 8.59 Å². The third-order valence-corrected chi connectivity index (χ3v) is 3.15. The Hall–Kier alpha value is -0.570. The van der Waals surface area contributed by atoms with Crippen LogP contribution >= 0.6 is 34.2 Å². The molecule has 0 amide bonds. The van der Waals surface area contributed by atoms with Gasteiger partial charge in [-0.05, 0) is 32.5 Å². The van der Waals surface area contributed by atoms with Crippen molar-refractivity contribution in [2.24, 2.45) is 0 Å². The number of halogens is 4. The van der Waals surface area contributed by atoms with Crippen molar-refractivity contribution in [2.75, 3.05) is 0 Å². The van der Waals surface area contributed by atoms with Crippen molar-refractivity contribution < 1.29 is 13.7 Å². The Morgan fingerprint density at radius 2 is 2.21 bits per heavy atom. The van der Waals surface area contributed by atoms with Gasteiger partial charge in [-0.3, -0.25) is 0 Å². The summed E-state index contributed by atoms with van der Waals surface area (Å²) >= 11 is 7.03. The van der Waals surface area contributed by atoms with Crippen LogP contribution in [0.5, 0.6) is 0 Å². The van der Waals surface area contributed by atoms with Gasteiger partial charge in [-0.2, -0.15) is 0 Å². The quantitative estimate of drug-likeness (QED) is 0.474. The smallest absolute Gasteiger partial charge is 0.358 e. The lowest BCUT2D eigenvalue weighted by Gasteiger charge is -2.04. The fourth-order valence-electron chi connectivity index (χ4n) is 0.810. The average molecular weight is 334 g/mol. The predicted molar refractivity (Wildman–Crippen MR) is 53.6 cm³/mol. The maximum Gasteiger partial charge on any atom is 0.373 e. The van der Waals surface area contributed by atoms with Gasteiger partial charge >= 0.3 is 5.82 Å². The summed E-state index contributed by atoms with van der Waals surface area (Å²) in [7, 11) is 0. The maximum atomic E-state index is 12.4. The van der Waals surface area contributed by atoms with Crippen LogP contribution in [0.4, 0.5) is 14.6 Å². The summed E-state index contributed by atoms with van der Waals surface area (Å²) in [4.78, 5) is 12.6. The molecule has 0 aliphatic rings. The van der Waals surface area contributed by atoms with E-state index in [9.17, 15) is 18.9 Å². The molecule has 0 fully saturated rings. The van der Waals surface area contributed by atoms with Crippen LogP contribution in [0.15, 0.2) is 6.20 Å². The number of aromatic nitrogens is 1. The molecule has 0 spiro atoms. The Balaban J connectivity index is 3.45. The zero-order chi connectivity index (χ0) is 10.9. The van der Waals surface area contributed by atoms with E-state index in [4.69, 9.17) is 11.6 Å². The van der Waals surface area contributed by atoms with Gasteiger partial charge in [-0.1, -0.05) is 11.6 Å². The minimum Gasteiger partial charge on any atom is -0.358 e. The normalized spacial score (nSPS) is 10.6. The van der Waals surface area contributed by atoms with Crippen LogP contribution in [0.2, 0.25) is 5.02 Å². The Morgan fingerprint density at radius 1 is 1.64 bits per heavy atom. The van der Waals surface area contributed by atoms with Crippen molar-refractivity contribution in [3.63, 3.8) is 0 Å². The van der Waals surface area contributed by atoms with Crippen LogP contribution in [0.3, 0.4) is 0 Å². The topological polar surface area (TPSA) is 56.0 Å². The molecule has 0 saturated carbocycles. The first-order valence-corrected chi connectivity index (χ1v) is 4.67. The summed E-state index contributed by atoms with van der Waals surface area (Å²) in [5.41, 5.74) is -0.733. The summed E-state index contributed by atoms with van der Waals surface area (Å²) in [6.45, 7) is 0. The zero-order valence-electron chi connectivity index (χ0n) is 6.38. The van der Waals surface area contributed by atoms with E-state index in [1.165, 1.54) is 22.6 Å². The van der Waals surface area contributed by atoms with Gasteiger partial charge < -0.3 is 10.1 Å². The van der Waals surface area contributed by atoms with Crippen molar-refractivity contribution in [3.8, 4) is 0 Å². The highest BCUT2D eigenvalue weighted by Gasteiger charge is 2.27. The van der Waals surface area contributed by atoms with Crippen LogP contribution in [-0.4, -0.2) is 9.91 Å². The lowest BCUT2D eigenvalue weighted by molar-refractivity contribution is -0.391. The van der Waals surface area contributed by atoms with Crippen molar-refractivity contribution in [1.29, 1.82) is 0 Å². The Morgan fingerprint density at radius 3 is 2.64 bits per heavy atom. The molecule has 0 unspecified atom stereocenters. The Bertz CT molecular complexity index is 388. The molecule has 0 bridgehead atoms. The van der Waals surface area contributed by atoms with Gasteiger partial charge in [0.1, 0.15) is 5.56 Å². The van der Waals surface area contributed by atoms with Gasteiger partial charge in [-0.25, -0.2) is 8.78 Å². The first-order valence-electron chi connectivity index (χ1n) is 3.21. The van der Waals surface area contributed by atoms with E-state index in [0.29, 0.717) is 0 Å². The fraction of sp³-hybridized carbons (Fsp3) is 0.167. The fourth-order valence-corrected chi connectivity index (χ4v) is 1.58. The number of rotatable bonds is 2. The monoisotopic (exact) mass is 334 g/mol. The van der Waals surface area contributed by atoms with Gasteiger partial charge in [0, 0.05) is 0 Å². The standard InChI is InChI=1S/C6H2ClF2IN2O2/c7-2-1-11-6(12(13)14)3(4(2)10)5(8)9/h1,5H. The molecule has 76 valence electrons. The molecule has 0 N–H and O–H groups in total. The molecule has 0 radical (unpaired) electrons. The lowest BCUT2D eigenvalue weighted by atomic mass is 10.2. The third kappa shape index (κ3) is 2.08. The summed E-state index contributed by atoms with van der Waals surface area (Å²) in [5, 5.41) is 10.3. The Kier molecular flexibility index (Phi) is 3.53. The van der Waals surface area contributed by atoms with E-state index in [1.54, 1.807) is 0 Å². The minimum absolute atomic E-state index is 0.0218. The summed E-state index contributed by atoms with van der Waals surface area (Å²) in [6, 6.07) is 0. The van der Waals surface area contributed by atoms with Crippen molar-refractivity contribution in [3.05, 3.63) is 30.5 Å². The molecule has 14 heavy (non-hydrogen) atoms. The second-order valence-corrected chi connectivity index (χ2v) is 3.70. The highest BCUT2D eigenvalue weighted by atomic mass is 127. The first-order chi connectivity index (χ1) is 6.45. The molecule has 0 aliphatic carbocycles. The second kappa shape index (κ2) is 4.30. The highest BCUT2D eigenvalue weighted by Crippen LogP contribution is 2.34. The zero-order valence-corrected chi connectivity index (χ0v) is 9.29. The largest absolute Gasteiger partial charge is 0.373 e. The molecule has 1 aromatic rings. The summed E-state index contributed by atoms with van der Waals surface area (Å²) in [6.07, 6.45) is -1.98. The molecule has 4 nitrogen and oxygen atoms in total. The van der Waals surface area contributed by atoms with Crippen LogP contribution in [-0.2, 0) is 0 Å². The average Bonchev–Trinajstić information content (AvgIpc) is 2.08. The van der Waals surface area contributed by atoms with E-state index < -0.39 is 22.7 Å². The molecular weight excluding hydrogens is 332 g/mol. The Labute approximate surface area is 95.6 Å². The van der Waals surface area contributed by atoms with E-state index in [2.05, 4.69) is 4.98 Å². The molecule has 0 aliphatic heterocycles. The molecule has 1 aromatic heterocycles. The SMILES string of the molecule is O=[N+]([O-])c1ncc(Cl)c(I)c1C(F)F. The van der Waals surface area contributed by atoms with E-state index >= 15 is 0 Å². The number of hydrogen-bond acceptors (Lipinski definition) is 3. The molecule has 1 rings (SSSR count). The van der Waals surface area contributed by atoms with Crippen LogP contribution in [0, 0.1) is 13.7 Å². The van der Waals surface area contributed by atoms with Crippen LogP contribution < -0.4 is 0 Å². The minimum atomic E-state index is -2.96. The molecular formula is C6H2ClF2IN2O2. The van der Waals surface area contributed by atoms with E-state index in [-0.39, 0.29) is 8.59 Å². The van der Waals surface area contributed by atoms with Crippen LogP contribution in [0.25, 0.3) is 0 Å². The molecule has 0 atom stereocenters. The highest BCUT2D eigenvalue weighted by molar-refractivity contribution is 14.1. The van der Waals surface area contributed by atoms with Crippen molar-refractivity contribution in [2.45, 2.75) is 6.43 Å². The van der Waals surface area contributed by atoms with Gasteiger partial charge in [0.15, 0.2) is 6.20 Å². The predicted octanol–water partition coefficient (Wildman–Crippen LogP) is 3.19. The number of hydrogen-bond donors (Lipinski definition) is 0. The van der Waals surface area contributed by atoms with Crippen molar-refractivity contribution in [1.82, 2.24) is 4.98 Å². The van der Waals surface area contributed by atoms with Crippen LogP contribution in [0.1, 0.15) is 12.0 Å². The second-order valence-electron chi connectivity index (χ2n) is 2.22. The lowest BCUT2D eigenvalue weighted by Crippen LogP contribution is -2.02. The number of alkyl halides is 2. The van der Waals surface area contributed by atoms with Gasteiger partial charge in [0.2, 0.25) is 0 Å². The van der Waals surface area contributed by atoms with Crippen molar-refractivity contribution >= 4 is 40.0 Å². The van der Waals surface area contributed by atoms with Gasteiger partial charge in [-0.15, -0.1) is 0 Å². The number of nitrogens with zero attached hydrogens (tertiary/aromatic N) is 2. The number of pyridine rings is 1. The van der Waals surface area contributed by atoms with Gasteiger partial charge in [0.25, 0.3) is 6.43 Å². The third-order valence-electron chi connectivity index (χ3n) is 1.38. The first kappa shape index (κ1) is 11.5. The number of nitro groups is 1.